The van der Waals surface area contributed by atoms with Crippen molar-refractivity contribution < 1.29 is 14.3 Å². The fourth-order valence-corrected chi connectivity index (χ4v) is 5.34. The van der Waals surface area contributed by atoms with Crippen LogP contribution in [0.25, 0.3) is 22.2 Å². The number of amides is 2. The van der Waals surface area contributed by atoms with Crippen LogP contribution in [0.1, 0.15) is 74.7 Å². The molecule has 0 bridgehead atoms. The first-order chi connectivity index (χ1) is 18.5. The molecule has 2 aromatic carbocycles. The van der Waals surface area contributed by atoms with Gasteiger partial charge in [0, 0.05) is 49.4 Å². The molecule has 3 aromatic rings. The number of carbonyl (C=O) groups excluding carboxylic acids is 2. The minimum atomic E-state index is 0.127. The van der Waals surface area contributed by atoms with Crippen LogP contribution < -0.4 is 15.4 Å². The predicted octanol–water partition coefficient (Wildman–Crippen LogP) is 5.99. The van der Waals surface area contributed by atoms with Gasteiger partial charge in [-0.2, -0.15) is 0 Å². The summed E-state index contributed by atoms with van der Waals surface area (Å²) in [6.07, 6.45) is 10.2. The summed E-state index contributed by atoms with van der Waals surface area (Å²) in [5, 5.41) is 6.92. The molecule has 38 heavy (non-hydrogen) atoms. The minimum absolute atomic E-state index is 0.127. The van der Waals surface area contributed by atoms with E-state index in [1.54, 1.807) is 0 Å². The topological polar surface area (TPSA) is 75.6 Å². The number of carbonyl (C=O) groups is 2. The van der Waals surface area contributed by atoms with E-state index in [2.05, 4.69) is 51.6 Å². The molecule has 6 rings (SSSR count). The lowest BCUT2D eigenvalue weighted by molar-refractivity contribution is -0.110. The first kappa shape index (κ1) is 26.1. The SMILES string of the molecule is CCOc1ccc2c(C(=O)N(C)C3CC3)c(-c3ccc(NC)cc3)n(C3CCC3)c2c1.O=CNC1CCC1. The van der Waals surface area contributed by atoms with Crippen LogP contribution in [0.4, 0.5) is 5.69 Å². The summed E-state index contributed by atoms with van der Waals surface area (Å²) in [5.74, 6) is 0.988. The second-order valence-electron chi connectivity index (χ2n) is 10.7. The number of benzene rings is 2. The van der Waals surface area contributed by atoms with Crippen LogP contribution in [0.3, 0.4) is 0 Å². The Morgan fingerprint density at radius 2 is 1.76 bits per heavy atom. The highest BCUT2D eigenvalue weighted by Gasteiger charge is 2.35. The molecule has 0 radical (unpaired) electrons. The van der Waals surface area contributed by atoms with Gasteiger partial charge < -0.3 is 24.8 Å². The number of hydrogen-bond acceptors (Lipinski definition) is 4. The minimum Gasteiger partial charge on any atom is -0.494 e. The Bertz CT molecular complexity index is 1270. The van der Waals surface area contributed by atoms with E-state index in [-0.39, 0.29) is 5.91 Å². The predicted molar refractivity (Wildman–Crippen MR) is 153 cm³/mol. The van der Waals surface area contributed by atoms with E-state index < -0.39 is 0 Å². The monoisotopic (exact) mass is 516 g/mol. The third kappa shape index (κ3) is 5.24. The standard InChI is InChI=1S/C26H31N3O2.C5H9NO/c1-4-31-21-14-15-22-23(16-21)29(20-6-5-7-20)25(17-8-10-18(27-2)11-9-17)24(22)26(30)28(3)19-12-13-19;7-4-6-5-2-1-3-5/h8-11,14-16,19-20,27H,4-7,12-13H2,1-3H3;4-5H,1-3H2,(H,6,7). The van der Waals surface area contributed by atoms with Crippen molar-refractivity contribution in [3.8, 4) is 17.0 Å². The fraction of sp³-hybridized carbons (Fsp3) is 0.484. The van der Waals surface area contributed by atoms with Crippen molar-refractivity contribution in [1.82, 2.24) is 14.8 Å². The largest absolute Gasteiger partial charge is 0.494 e. The van der Waals surface area contributed by atoms with Gasteiger partial charge in [-0.25, -0.2) is 0 Å². The van der Waals surface area contributed by atoms with Crippen LogP contribution in [0.15, 0.2) is 42.5 Å². The average Bonchev–Trinajstić information content (AvgIpc) is 3.68. The number of nitrogens with zero attached hydrogens (tertiary/aromatic N) is 2. The second-order valence-corrected chi connectivity index (χ2v) is 10.7. The van der Waals surface area contributed by atoms with Gasteiger partial charge in [-0.1, -0.05) is 12.1 Å². The molecule has 0 unspecified atom stereocenters. The Kier molecular flexibility index (Phi) is 7.91. The highest BCUT2D eigenvalue weighted by atomic mass is 16.5. The Morgan fingerprint density at radius 1 is 1.05 bits per heavy atom. The summed E-state index contributed by atoms with van der Waals surface area (Å²) in [6.45, 7) is 2.63. The van der Waals surface area contributed by atoms with Crippen molar-refractivity contribution in [2.45, 2.75) is 76.4 Å². The van der Waals surface area contributed by atoms with Gasteiger partial charge in [-0.3, -0.25) is 9.59 Å². The zero-order valence-electron chi connectivity index (χ0n) is 22.8. The molecule has 2 amide bonds. The number of nitrogens with one attached hydrogen (secondary N) is 2. The quantitative estimate of drug-likeness (QED) is 0.343. The van der Waals surface area contributed by atoms with Gasteiger partial charge in [0.05, 0.1) is 23.4 Å². The molecule has 0 aliphatic heterocycles. The van der Waals surface area contributed by atoms with E-state index in [1.807, 2.05) is 32.0 Å². The van der Waals surface area contributed by atoms with Crippen LogP contribution >= 0.6 is 0 Å². The molecule has 2 N–H and O–H groups in total. The molecule has 7 heteroatoms. The molecule has 3 fully saturated rings. The Labute approximate surface area is 225 Å². The lowest BCUT2D eigenvalue weighted by Gasteiger charge is -2.30. The van der Waals surface area contributed by atoms with E-state index in [0.717, 1.165) is 71.3 Å². The van der Waals surface area contributed by atoms with Crippen LogP contribution in [0, 0.1) is 0 Å². The van der Waals surface area contributed by atoms with Crippen LogP contribution in [-0.4, -0.2) is 54.6 Å². The molecule has 1 aromatic heterocycles. The average molecular weight is 517 g/mol. The Balaban J connectivity index is 0.000000366. The number of anilines is 1. The van der Waals surface area contributed by atoms with Crippen LogP contribution in [-0.2, 0) is 4.79 Å². The van der Waals surface area contributed by atoms with Gasteiger partial charge in [0.1, 0.15) is 5.75 Å². The molecule has 3 aliphatic carbocycles. The van der Waals surface area contributed by atoms with Crippen molar-refractivity contribution in [2.24, 2.45) is 0 Å². The van der Waals surface area contributed by atoms with E-state index in [4.69, 9.17) is 4.74 Å². The molecule has 202 valence electrons. The van der Waals surface area contributed by atoms with Crippen molar-refractivity contribution >= 4 is 28.9 Å². The van der Waals surface area contributed by atoms with E-state index in [9.17, 15) is 9.59 Å². The van der Waals surface area contributed by atoms with Crippen molar-refractivity contribution in [3.63, 3.8) is 0 Å². The van der Waals surface area contributed by atoms with Gasteiger partial charge >= 0.3 is 0 Å². The number of aromatic nitrogens is 1. The maximum absolute atomic E-state index is 13.8. The fourth-order valence-electron chi connectivity index (χ4n) is 5.34. The van der Waals surface area contributed by atoms with Crippen molar-refractivity contribution in [3.05, 3.63) is 48.0 Å². The summed E-state index contributed by atoms with van der Waals surface area (Å²) in [6, 6.07) is 15.9. The molecule has 0 spiro atoms. The summed E-state index contributed by atoms with van der Waals surface area (Å²) in [7, 11) is 3.88. The van der Waals surface area contributed by atoms with Gasteiger partial charge in [0.25, 0.3) is 5.91 Å². The maximum Gasteiger partial charge on any atom is 0.256 e. The van der Waals surface area contributed by atoms with Gasteiger partial charge in [-0.05, 0) is 88.1 Å². The molecular formula is C31H40N4O3. The molecule has 3 aliphatic rings. The number of fused-ring (bicyclic) bond motifs is 1. The highest BCUT2D eigenvalue weighted by Crippen LogP contribution is 2.44. The third-order valence-corrected chi connectivity index (χ3v) is 8.21. The zero-order valence-corrected chi connectivity index (χ0v) is 22.8. The number of rotatable bonds is 9. The van der Waals surface area contributed by atoms with Gasteiger partial charge in [0.15, 0.2) is 0 Å². The molecule has 1 heterocycles. The Hall–Kier alpha value is -3.48. The normalized spacial score (nSPS) is 17.0. The lowest BCUT2D eigenvalue weighted by atomic mass is 9.92. The molecule has 0 saturated heterocycles. The third-order valence-electron chi connectivity index (χ3n) is 8.21. The van der Waals surface area contributed by atoms with Crippen LogP contribution in [0.2, 0.25) is 0 Å². The second kappa shape index (κ2) is 11.5. The molecule has 3 saturated carbocycles. The lowest BCUT2D eigenvalue weighted by Crippen LogP contribution is -2.33. The number of ether oxygens (including phenoxy) is 1. The van der Waals surface area contributed by atoms with E-state index in [1.165, 1.54) is 25.7 Å². The van der Waals surface area contributed by atoms with Crippen molar-refractivity contribution in [2.75, 3.05) is 26.0 Å². The Morgan fingerprint density at radius 3 is 2.26 bits per heavy atom. The smallest absolute Gasteiger partial charge is 0.256 e. The molecule has 0 atom stereocenters. The maximum atomic E-state index is 13.8. The summed E-state index contributed by atoms with van der Waals surface area (Å²) < 4.78 is 8.25. The first-order valence-electron chi connectivity index (χ1n) is 14.1. The summed E-state index contributed by atoms with van der Waals surface area (Å²) in [5.41, 5.74) is 5.14. The molecule has 7 nitrogen and oxygen atoms in total. The van der Waals surface area contributed by atoms with Gasteiger partial charge in [-0.15, -0.1) is 0 Å². The highest BCUT2D eigenvalue weighted by molar-refractivity contribution is 6.13. The number of hydrogen-bond donors (Lipinski definition) is 2. The van der Waals surface area contributed by atoms with E-state index in [0.29, 0.717) is 24.7 Å². The summed E-state index contributed by atoms with van der Waals surface area (Å²) in [4.78, 5) is 25.4. The summed E-state index contributed by atoms with van der Waals surface area (Å²) >= 11 is 0. The first-order valence-corrected chi connectivity index (χ1v) is 14.1. The van der Waals surface area contributed by atoms with Gasteiger partial charge in [0.2, 0.25) is 6.41 Å². The van der Waals surface area contributed by atoms with E-state index >= 15 is 0 Å². The van der Waals surface area contributed by atoms with Crippen molar-refractivity contribution in [1.29, 1.82) is 0 Å². The van der Waals surface area contributed by atoms with Crippen LogP contribution in [0.5, 0.6) is 5.75 Å². The molecular weight excluding hydrogens is 476 g/mol. The zero-order chi connectivity index (χ0) is 26.6.